The number of hydrogen-bond acceptors (Lipinski definition) is 4. The third-order valence-electron chi connectivity index (χ3n) is 5.97. The Balaban J connectivity index is 1.75. The maximum Gasteiger partial charge on any atom is 0.416 e. The minimum absolute atomic E-state index is 0.0786. The van der Waals surface area contributed by atoms with E-state index in [2.05, 4.69) is 10.6 Å². The second-order valence-electron chi connectivity index (χ2n) is 8.44. The van der Waals surface area contributed by atoms with Crippen molar-refractivity contribution in [3.63, 3.8) is 0 Å². The third kappa shape index (κ3) is 5.44. The average molecular weight is 512 g/mol. The number of amides is 1. The van der Waals surface area contributed by atoms with Crippen LogP contribution < -0.4 is 10.6 Å². The maximum atomic E-state index is 13.6. The summed E-state index contributed by atoms with van der Waals surface area (Å²) in [6, 6.07) is 17.2. The molecule has 1 heterocycles. The number of carboxylic acid groups (broad SMARTS) is 1. The molecule has 4 aromatic rings. The first-order valence-corrected chi connectivity index (χ1v) is 11.4. The summed E-state index contributed by atoms with van der Waals surface area (Å²) >= 11 is 0. The molecule has 0 unspecified atom stereocenters. The van der Waals surface area contributed by atoms with Crippen molar-refractivity contribution >= 4 is 34.2 Å². The third-order valence-corrected chi connectivity index (χ3v) is 5.97. The van der Waals surface area contributed by atoms with E-state index in [9.17, 15) is 27.9 Å². The van der Waals surface area contributed by atoms with Crippen LogP contribution in [-0.4, -0.2) is 33.3 Å². The molecule has 192 valence electrons. The van der Waals surface area contributed by atoms with Gasteiger partial charge in [0.2, 0.25) is 0 Å². The van der Waals surface area contributed by atoms with Crippen molar-refractivity contribution in [2.45, 2.75) is 25.7 Å². The molecule has 0 aliphatic heterocycles. The number of aromatic nitrogens is 1. The van der Waals surface area contributed by atoms with Crippen molar-refractivity contribution in [1.29, 1.82) is 0 Å². The lowest BCUT2D eigenvalue weighted by atomic mass is 10.1. The van der Waals surface area contributed by atoms with Gasteiger partial charge in [0.05, 0.1) is 35.0 Å². The van der Waals surface area contributed by atoms with E-state index in [1.54, 1.807) is 47.9 Å². The summed E-state index contributed by atoms with van der Waals surface area (Å²) in [5.41, 5.74) is 1.15. The van der Waals surface area contributed by atoms with Crippen molar-refractivity contribution < 1.29 is 33.0 Å². The predicted molar refractivity (Wildman–Crippen MR) is 133 cm³/mol. The quantitative estimate of drug-likeness (QED) is 0.247. The number of benzene rings is 3. The molecule has 0 bridgehead atoms. The Labute approximate surface area is 210 Å². The maximum absolute atomic E-state index is 13.6. The first-order valence-electron chi connectivity index (χ1n) is 11.4. The van der Waals surface area contributed by atoms with E-state index in [0.717, 1.165) is 12.1 Å². The Morgan fingerprint density at radius 3 is 2.35 bits per heavy atom. The Hall–Kier alpha value is -4.31. The number of alkyl halides is 3. The van der Waals surface area contributed by atoms with Crippen molar-refractivity contribution in [2.75, 3.05) is 11.9 Å². The number of carbonyl (C=O) groups excluding carboxylic acids is 1. The first kappa shape index (κ1) is 25.8. The van der Waals surface area contributed by atoms with E-state index in [4.69, 9.17) is 5.11 Å². The van der Waals surface area contributed by atoms with Gasteiger partial charge < -0.3 is 25.4 Å². The van der Waals surface area contributed by atoms with Crippen molar-refractivity contribution in [3.05, 3.63) is 95.2 Å². The van der Waals surface area contributed by atoms with Crippen molar-refractivity contribution in [2.24, 2.45) is 0 Å². The number of halogens is 3. The molecule has 7 nitrogen and oxygen atoms in total. The Morgan fingerprint density at radius 1 is 1.00 bits per heavy atom. The molecule has 4 N–H and O–H groups in total. The molecule has 3 aromatic carbocycles. The standard InChI is InChI=1S/C27H24F3N3O4/c1-16(17-9-11-18(12-10-17)26(36)37)31-25(35)24-23(21-7-2-3-8-22(21)33(24)13-14-34)32-20-6-4-5-19(15-20)27(28,29)30/h2-12,15-16,32,34H,13-14H2,1H3,(H,31,35)(H,36,37)/t16-/m0/s1. The second-order valence-corrected chi connectivity index (χ2v) is 8.44. The van der Waals surface area contributed by atoms with E-state index in [0.29, 0.717) is 22.2 Å². The highest BCUT2D eigenvalue weighted by atomic mass is 19.4. The lowest BCUT2D eigenvalue weighted by molar-refractivity contribution is -0.137. The number of aliphatic hydroxyl groups excluding tert-OH is 1. The van der Waals surface area contributed by atoms with E-state index >= 15 is 0 Å². The number of nitrogens with one attached hydrogen (secondary N) is 2. The van der Waals surface area contributed by atoms with Gasteiger partial charge in [-0.2, -0.15) is 13.2 Å². The van der Waals surface area contributed by atoms with Gasteiger partial charge in [-0.1, -0.05) is 36.4 Å². The van der Waals surface area contributed by atoms with Gasteiger partial charge in [-0.15, -0.1) is 0 Å². The Morgan fingerprint density at radius 2 is 1.70 bits per heavy atom. The molecule has 0 aliphatic rings. The number of aromatic carboxylic acids is 1. The zero-order valence-electron chi connectivity index (χ0n) is 19.7. The highest BCUT2D eigenvalue weighted by Crippen LogP contribution is 2.36. The molecule has 0 aliphatic carbocycles. The number of anilines is 2. The number of fused-ring (bicyclic) bond motifs is 1. The monoisotopic (exact) mass is 511 g/mol. The number of carbonyl (C=O) groups is 2. The largest absolute Gasteiger partial charge is 0.478 e. The highest BCUT2D eigenvalue weighted by molar-refractivity contribution is 6.10. The van der Waals surface area contributed by atoms with Crippen LogP contribution >= 0.6 is 0 Å². The summed E-state index contributed by atoms with van der Waals surface area (Å²) < 4.78 is 41.5. The average Bonchev–Trinajstić information content (AvgIpc) is 3.17. The Kier molecular flexibility index (Phi) is 7.21. The van der Waals surface area contributed by atoms with E-state index in [-0.39, 0.29) is 30.1 Å². The molecular weight excluding hydrogens is 487 g/mol. The van der Waals surface area contributed by atoms with Gasteiger partial charge in [0.25, 0.3) is 5.91 Å². The topological polar surface area (TPSA) is 104 Å². The number of rotatable bonds is 8. The van der Waals surface area contributed by atoms with Gasteiger partial charge in [-0.25, -0.2) is 4.79 Å². The minimum Gasteiger partial charge on any atom is -0.478 e. The summed E-state index contributed by atoms with van der Waals surface area (Å²) in [6.07, 6.45) is -4.53. The molecule has 1 amide bonds. The number of carboxylic acids is 1. The fourth-order valence-electron chi connectivity index (χ4n) is 4.18. The smallest absolute Gasteiger partial charge is 0.416 e. The van der Waals surface area contributed by atoms with Gasteiger partial charge in [-0.3, -0.25) is 4.79 Å². The van der Waals surface area contributed by atoms with Crippen LogP contribution in [-0.2, 0) is 12.7 Å². The summed E-state index contributed by atoms with van der Waals surface area (Å²) in [4.78, 5) is 24.7. The molecule has 0 radical (unpaired) electrons. The van der Waals surface area contributed by atoms with Crippen LogP contribution in [0.1, 0.15) is 44.9 Å². The summed E-state index contributed by atoms with van der Waals surface area (Å²) in [7, 11) is 0. The molecule has 0 fully saturated rings. The van der Waals surface area contributed by atoms with Crippen LogP contribution in [0.4, 0.5) is 24.5 Å². The number of aliphatic hydroxyl groups is 1. The molecule has 0 saturated heterocycles. The Bertz CT molecular complexity index is 1450. The SMILES string of the molecule is C[C@H](NC(=O)c1c(Nc2cccc(C(F)(F)F)c2)c2ccccc2n1CCO)c1ccc(C(=O)O)cc1. The number of nitrogens with zero attached hydrogens (tertiary/aromatic N) is 1. The van der Waals surface area contributed by atoms with E-state index in [1.807, 2.05) is 0 Å². The molecule has 1 atom stereocenters. The van der Waals surface area contributed by atoms with Gasteiger partial charge in [0.1, 0.15) is 5.69 Å². The predicted octanol–water partition coefficient (Wildman–Crippen LogP) is 5.59. The lowest BCUT2D eigenvalue weighted by Gasteiger charge is -2.18. The van der Waals surface area contributed by atoms with Gasteiger partial charge in [-0.05, 0) is 48.9 Å². The van der Waals surface area contributed by atoms with Crippen molar-refractivity contribution in [1.82, 2.24) is 9.88 Å². The van der Waals surface area contributed by atoms with E-state index < -0.39 is 29.7 Å². The summed E-state index contributed by atoms with van der Waals surface area (Å²) in [5.74, 6) is -1.59. The van der Waals surface area contributed by atoms with Gasteiger partial charge >= 0.3 is 12.1 Å². The second kappa shape index (κ2) is 10.4. The molecule has 0 saturated carbocycles. The minimum atomic E-state index is -4.53. The number of hydrogen-bond donors (Lipinski definition) is 4. The van der Waals surface area contributed by atoms with E-state index in [1.165, 1.54) is 24.3 Å². The summed E-state index contributed by atoms with van der Waals surface area (Å²) in [6.45, 7) is 1.54. The van der Waals surface area contributed by atoms with Crippen molar-refractivity contribution in [3.8, 4) is 0 Å². The van der Waals surface area contributed by atoms with Crippen LogP contribution in [0.25, 0.3) is 10.9 Å². The van der Waals surface area contributed by atoms with Crippen LogP contribution in [0.2, 0.25) is 0 Å². The molecule has 1 aromatic heterocycles. The fraction of sp³-hybridized carbons (Fsp3) is 0.185. The first-order chi connectivity index (χ1) is 17.6. The van der Waals surface area contributed by atoms with Crippen LogP contribution in [0.15, 0.2) is 72.8 Å². The normalized spacial score (nSPS) is 12.4. The zero-order valence-corrected chi connectivity index (χ0v) is 19.7. The zero-order chi connectivity index (χ0) is 26.7. The van der Waals surface area contributed by atoms with Crippen LogP contribution in [0, 0.1) is 0 Å². The molecule has 37 heavy (non-hydrogen) atoms. The summed E-state index contributed by atoms with van der Waals surface area (Å²) in [5, 5.41) is 25.3. The van der Waals surface area contributed by atoms with Crippen LogP contribution in [0.3, 0.4) is 0 Å². The highest BCUT2D eigenvalue weighted by Gasteiger charge is 2.31. The molecule has 0 spiro atoms. The lowest BCUT2D eigenvalue weighted by Crippen LogP contribution is -2.29. The molecule has 10 heteroatoms. The van der Waals surface area contributed by atoms with Gasteiger partial charge in [0, 0.05) is 17.6 Å². The number of para-hydroxylation sites is 1. The fourth-order valence-corrected chi connectivity index (χ4v) is 4.18. The van der Waals surface area contributed by atoms with Crippen LogP contribution in [0.5, 0.6) is 0 Å². The van der Waals surface area contributed by atoms with Gasteiger partial charge in [0.15, 0.2) is 0 Å². The molecular formula is C27H24F3N3O4. The molecule has 4 rings (SSSR count).